The average Bonchev–Trinajstić information content (AvgIpc) is 2.93. The SMILES string of the molecule is CCN(CC)C(=O)NC(c1ccccc1)c1nnc(C)o1. The third-order valence-electron chi connectivity index (χ3n) is 3.24. The summed E-state index contributed by atoms with van der Waals surface area (Å²) in [4.78, 5) is 14.0. The fraction of sp³-hybridized carbons (Fsp3) is 0.400. The average molecular weight is 288 g/mol. The largest absolute Gasteiger partial charge is 0.423 e. The number of hydrogen-bond acceptors (Lipinski definition) is 4. The molecule has 2 amide bonds. The summed E-state index contributed by atoms with van der Waals surface area (Å²) in [5, 5.41) is 10.8. The zero-order valence-corrected chi connectivity index (χ0v) is 12.5. The first-order valence-corrected chi connectivity index (χ1v) is 7.06. The lowest BCUT2D eigenvalue weighted by Gasteiger charge is -2.23. The van der Waals surface area contributed by atoms with E-state index >= 15 is 0 Å². The normalized spacial score (nSPS) is 12.0. The minimum atomic E-state index is -0.444. The Morgan fingerprint density at radius 2 is 1.90 bits per heavy atom. The van der Waals surface area contributed by atoms with Crippen LogP contribution < -0.4 is 5.32 Å². The molecule has 1 N–H and O–H groups in total. The summed E-state index contributed by atoms with van der Waals surface area (Å²) in [6, 6.07) is 9.00. The van der Waals surface area contributed by atoms with E-state index in [1.807, 2.05) is 44.2 Å². The Bertz CT molecular complexity index is 578. The first-order valence-electron chi connectivity index (χ1n) is 7.06. The molecule has 0 bridgehead atoms. The summed E-state index contributed by atoms with van der Waals surface area (Å²) in [5.74, 6) is 0.863. The zero-order valence-electron chi connectivity index (χ0n) is 12.5. The van der Waals surface area contributed by atoms with E-state index in [4.69, 9.17) is 4.42 Å². The number of nitrogens with one attached hydrogen (secondary N) is 1. The Balaban J connectivity index is 2.27. The van der Waals surface area contributed by atoms with Crippen molar-refractivity contribution in [1.29, 1.82) is 0 Å². The molecule has 2 aromatic rings. The quantitative estimate of drug-likeness (QED) is 0.917. The van der Waals surface area contributed by atoms with Crippen LogP contribution in [0.2, 0.25) is 0 Å². The standard InChI is InChI=1S/C15H20N4O2/c1-4-19(5-2)15(20)16-13(12-9-7-6-8-10-12)14-18-17-11(3)21-14/h6-10,13H,4-5H2,1-3H3,(H,16,20). The van der Waals surface area contributed by atoms with Crippen LogP contribution >= 0.6 is 0 Å². The summed E-state index contributed by atoms with van der Waals surface area (Å²) >= 11 is 0. The summed E-state index contributed by atoms with van der Waals surface area (Å²) in [6.07, 6.45) is 0. The molecule has 2 rings (SSSR count). The molecule has 0 saturated heterocycles. The molecule has 1 aromatic carbocycles. The predicted molar refractivity (Wildman–Crippen MR) is 78.8 cm³/mol. The Labute approximate surface area is 124 Å². The molecule has 1 atom stereocenters. The smallest absolute Gasteiger partial charge is 0.318 e. The molecule has 1 unspecified atom stereocenters. The van der Waals surface area contributed by atoms with Gasteiger partial charge < -0.3 is 14.6 Å². The van der Waals surface area contributed by atoms with Crippen molar-refractivity contribution in [3.63, 3.8) is 0 Å². The van der Waals surface area contributed by atoms with Gasteiger partial charge in [0.2, 0.25) is 11.8 Å². The first-order chi connectivity index (χ1) is 10.2. The number of aryl methyl sites for hydroxylation is 1. The lowest BCUT2D eigenvalue weighted by molar-refractivity contribution is 0.199. The first kappa shape index (κ1) is 15.0. The van der Waals surface area contributed by atoms with E-state index in [2.05, 4.69) is 15.5 Å². The van der Waals surface area contributed by atoms with Crippen LogP contribution in [-0.4, -0.2) is 34.2 Å². The minimum Gasteiger partial charge on any atom is -0.423 e. The van der Waals surface area contributed by atoms with Crippen LogP contribution in [0.3, 0.4) is 0 Å². The maximum atomic E-state index is 12.3. The molecule has 1 aromatic heterocycles. The number of aromatic nitrogens is 2. The van der Waals surface area contributed by atoms with Crippen LogP contribution in [0.1, 0.15) is 37.2 Å². The molecule has 112 valence electrons. The summed E-state index contributed by atoms with van der Waals surface area (Å²) in [7, 11) is 0. The minimum absolute atomic E-state index is 0.148. The number of carbonyl (C=O) groups excluding carboxylic acids is 1. The van der Waals surface area contributed by atoms with Crippen molar-refractivity contribution >= 4 is 6.03 Å². The molecular weight excluding hydrogens is 268 g/mol. The van der Waals surface area contributed by atoms with E-state index in [-0.39, 0.29) is 6.03 Å². The van der Waals surface area contributed by atoms with E-state index in [0.29, 0.717) is 24.9 Å². The molecule has 21 heavy (non-hydrogen) atoms. The highest BCUT2D eigenvalue weighted by Crippen LogP contribution is 2.21. The molecule has 0 saturated carbocycles. The maximum absolute atomic E-state index is 12.3. The van der Waals surface area contributed by atoms with Gasteiger partial charge in [-0.2, -0.15) is 0 Å². The van der Waals surface area contributed by atoms with Crippen molar-refractivity contribution in [2.75, 3.05) is 13.1 Å². The van der Waals surface area contributed by atoms with Crippen LogP contribution in [-0.2, 0) is 0 Å². The molecular formula is C15H20N4O2. The Kier molecular flexibility index (Phi) is 4.92. The zero-order chi connectivity index (χ0) is 15.2. The van der Waals surface area contributed by atoms with Crippen molar-refractivity contribution in [3.05, 3.63) is 47.7 Å². The molecule has 0 aliphatic rings. The van der Waals surface area contributed by atoms with Crippen molar-refractivity contribution in [3.8, 4) is 0 Å². The summed E-state index contributed by atoms with van der Waals surface area (Å²) in [5.41, 5.74) is 0.904. The Morgan fingerprint density at radius 1 is 1.24 bits per heavy atom. The maximum Gasteiger partial charge on any atom is 0.318 e. The van der Waals surface area contributed by atoms with Gasteiger partial charge in [0.25, 0.3) is 0 Å². The number of amides is 2. The molecule has 0 spiro atoms. The van der Waals surface area contributed by atoms with Gasteiger partial charge in [-0.15, -0.1) is 10.2 Å². The fourth-order valence-electron chi connectivity index (χ4n) is 2.09. The van der Waals surface area contributed by atoms with E-state index in [1.54, 1.807) is 11.8 Å². The number of urea groups is 1. The predicted octanol–water partition coefficient (Wildman–Crippen LogP) is 2.52. The molecule has 6 nitrogen and oxygen atoms in total. The highest BCUT2D eigenvalue weighted by Gasteiger charge is 2.23. The third-order valence-corrected chi connectivity index (χ3v) is 3.24. The van der Waals surface area contributed by atoms with Gasteiger partial charge in [-0.1, -0.05) is 30.3 Å². The second-order valence-corrected chi connectivity index (χ2v) is 4.62. The highest BCUT2D eigenvalue weighted by atomic mass is 16.4. The van der Waals surface area contributed by atoms with E-state index < -0.39 is 6.04 Å². The number of benzene rings is 1. The van der Waals surface area contributed by atoms with Gasteiger partial charge in [-0.3, -0.25) is 0 Å². The summed E-state index contributed by atoms with van der Waals surface area (Å²) in [6.45, 7) is 6.90. The summed E-state index contributed by atoms with van der Waals surface area (Å²) < 4.78 is 5.49. The van der Waals surface area contributed by atoms with Crippen LogP contribution in [0.15, 0.2) is 34.7 Å². The molecule has 6 heteroatoms. The Morgan fingerprint density at radius 3 is 2.43 bits per heavy atom. The second kappa shape index (κ2) is 6.88. The number of hydrogen-bond donors (Lipinski definition) is 1. The molecule has 1 heterocycles. The van der Waals surface area contributed by atoms with Gasteiger partial charge in [-0.05, 0) is 19.4 Å². The van der Waals surface area contributed by atoms with Gasteiger partial charge in [-0.25, -0.2) is 4.79 Å². The number of rotatable bonds is 5. The molecule has 0 radical (unpaired) electrons. The van der Waals surface area contributed by atoms with Crippen molar-refractivity contribution in [2.24, 2.45) is 0 Å². The van der Waals surface area contributed by atoms with Gasteiger partial charge in [0.05, 0.1) is 0 Å². The monoisotopic (exact) mass is 288 g/mol. The Hall–Kier alpha value is -2.37. The van der Waals surface area contributed by atoms with Gasteiger partial charge in [0.1, 0.15) is 6.04 Å². The van der Waals surface area contributed by atoms with Gasteiger partial charge >= 0.3 is 6.03 Å². The van der Waals surface area contributed by atoms with Crippen molar-refractivity contribution < 1.29 is 9.21 Å². The molecule has 0 fully saturated rings. The lowest BCUT2D eigenvalue weighted by atomic mass is 10.1. The van der Waals surface area contributed by atoms with E-state index in [0.717, 1.165) is 5.56 Å². The van der Waals surface area contributed by atoms with Crippen molar-refractivity contribution in [2.45, 2.75) is 26.8 Å². The number of carbonyl (C=O) groups is 1. The molecule has 0 aliphatic carbocycles. The number of nitrogens with zero attached hydrogens (tertiary/aromatic N) is 3. The highest BCUT2D eigenvalue weighted by molar-refractivity contribution is 5.75. The van der Waals surface area contributed by atoms with Crippen LogP contribution in [0.5, 0.6) is 0 Å². The topological polar surface area (TPSA) is 71.3 Å². The van der Waals surface area contributed by atoms with E-state index in [1.165, 1.54) is 0 Å². The van der Waals surface area contributed by atoms with Crippen LogP contribution in [0, 0.1) is 6.92 Å². The lowest BCUT2D eigenvalue weighted by Crippen LogP contribution is -2.41. The third kappa shape index (κ3) is 3.59. The fourth-order valence-corrected chi connectivity index (χ4v) is 2.09. The van der Waals surface area contributed by atoms with Crippen molar-refractivity contribution in [1.82, 2.24) is 20.4 Å². The van der Waals surface area contributed by atoms with Gasteiger partial charge in [0.15, 0.2) is 0 Å². The van der Waals surface area contributed by atoms with Crippen LogP contribution in [0.4, 0.5) is 4.79 Å². The molecule has 0 aliphatic heterocycles. The second-order valence-electron chi connectivity index (χ2n) is 4.62. The van der Waals surface area contributed by atoms with Gasteiger partial charge in [0, 0.05) is 20.0 Å². The van der Waals surface area contributed by atoms with Crippen LogP contribution in [0.25, 0.3) is 0 Å². The van der Waals surface area contributed by atoms with E-state index in [9.17, 15) is 4.79 Å².